The summed E-state index contributed by atoms with van der Waals surface area (Å²) < 4.78 is 0. The van der Waals surface area contributed by atoms with Crippen molar-refractivity contribution in [3.8, 4) is 0 Å². The molecule has 13 heavy (non-hydrogen) atoms. The quantitative estimate of drug-likeness (QED) is 0.624. The lowest BCUT2D eigenvalue weighted by Gasteiger charge is -2.20. The standard InChI is InChI=1S/C8H13ClN4/c1-8(2,3)5-4(10)6(11)13-7(9)12-5/h10H2,1-3H3,(H2,11,12,13). The molecule has 0 radical (unpaired) electrons. The van der Waals surface area contributed by atoms with Gasteiger partial charge < -0.3 is 11.5 Å². The van der Waals surface area contributed by atoms with Crippen LogP contribution in [0.15, 0.2) is 0 Å². The number of nitrogens with zero attached hydrogens (tertiary/aromatic N) is 2. The number of nitrogen functional groups attached to an aromatic ring is 2. The molecular weight excluding hydrogens is 188 g/mol. The molecule has 5 heteroatoms. The largest absolute Gasteiger partial charge is 0.394 e. The van der Waals surface area contributed by atoms with Gasteiger partial charge in [-0.3, -0.25) is 0 Å². The smallest absolute Gasteiger partial charge is 0.224 e. The lowest BCUT2D eigenvalue weighted by atomic mass is 9.91. The molecule has 0 aliphatic rings. The number of hydrogen-bond donors (Lipinski definition) is 2. The normalized spacial score (nSPS) is 11.7. The lowest BCUT2D eigenvalue weighted by Crippen LogP contribution is -2.18. The van der Waals surface area contributed by atoms with Crippen molar-refractivity contribution in [1.29, 1.82) is 0 Å². The summed E-state index contributed by atoms with van der Waals surface area (Å²) >= 11 is 5.67. The van der Waals surface area contributed by atoms with E-state index < -0.39 is 0 Å². The molecular formula is C8H13ClN4. The van der Waals surface area contributed by atoms with Gasteiger partial charge in [-0.2, -0.15) is 4.98 Å². The minimum absolute atomic E-state index is 0.136. The minimum Gasteiger partial charge on any atom is -0.394 e. The van der Waals surface area contributed by atoms with E-state index in [1.807, 2.05) is 20.8 Å². The van der Waals surface area contributed by atoms with Gasteiger partial charge in [0.2, 0.25) is 5.28 Å². The average molecular weight is 201 g/mol. The van der Waals surface area contributed by atoms with E-state index in [2.05, 4.69) is 9.97 Å². The molecule has 72 valence electrons. The monoisotopic (exact) mass is 200 g/mol. The molecule has 1 heterocycles. The number of halogens is 1. The fourth-order valence-corrected chi connectivity index (χ4v) is 1.21. The first-order chi connectivity index (χ1) is 5.82. The topological polar surface area (TPSA) is 77.8 Å². The summed E-state index contributed by atoms with van der Waals surface area (Å²) in [4.78, 5) is 7.81. The Hall–Kier alpha value is -1.03. The van der Waals surface area contributed by atoms with Gasteiger partial charge in [-0.25, -0.2) is 4.98 Å². The van der Waals surface area contributed by atoms with Crippen molar-refractivity contribution in [2.75, 3.05) is 11.5 Å². The van der Waals surface area contributed by atoms with Crippen molar-refractivity contribution in [1.82, 2.24) is 9.97 Å². The Morgan fingerprint density at radius 1 is 1.15 bits per heavy atom. The number of aromatic nitrogens is 2. The summed E-state index contributed by atoms with van der Waals surface area (Å²) in [6.07, 6.45) is 0. The molecule has 0 aromatic carbocycles. The van der Waals surface area contributed by atoms with Crippen molar-refractivity contribution in [2.24, 2.45) is 0 Å². The molecule has 0 fully saturated rings. The number of nitrogens with two attached hydrogens (primary N) is 2. The molecule has 1 aromatic heterocycles. The van der Waals surface area contributed by atoms with Gasteiger partial charge in [-0.05, 0) is 11.6 Å². The number of anilines is 2. The van der Waals surface area contributed by atoms with Gasteiger partial charge in [-0.1, -0.05) is 20.8 Å². The number of hydrogen-bond acceptors (Lipinski definition) is 4. The van der Waals surface area contributed by atoms with Crippen molar-refractivity contribution < 1.29 is 0 Å². The van der Waals surface area contributed by atoms with E-state index in [0.717, 1.165) is 0 Å². The van der Waals surface area contributed by atoms with Gasteiger partial charge in [0, 0.05) is 5.41 Å². The van der Waals surface area contributed by atoms with E-state index in [9.17, 15) is 0 Å². The Morgan fingerprint density at radius 3 is 2.15 bits per heavy atom. The van der Waals surface area contributed by atoms with E-state index in [1.54, 1.807) is 0 Å². The predicted octanol–water partition coefficient (Wildman–Crippen LogP) is 1.59. The Bertz CT molecular complexity index is 330. The third kappa shape index (κ3) is 2.01. The van der Waals surface area contributed by atoms with Gasteiger partial charge in [0.15, 0.2) is 5.82 Å². The van der Waals surface area contributed by atoms with Crippen molar-refractivity contribution >= 4 is 23.1 Å². The van der Waals surface area contributed by atoms with E-state index in [1.165, 1.54) is 0 Å². The molecule has 0 unspecified atom stereocenters. The highest BCUT2D eigenvalue weighted by atomic mass is 35.5. The summed E-state index contributed by atoms with van der Waals surface area (Å²) in [7, 11) is 0. The van der Waals surface area contributed by atoms with Crippen LogP contribution in [0, 0.1) is 0 Å². The Morgan fingerprint density at radius 2 is 1.69 bits per heavy atom. The van der Waals surface area contributed by atoms with Crippen LogP contribution in [0.25, 0.3) is 0 Å². The summed E-state index contributed by atoms with van der Waals surface area (Å²) in [5, 5.41) is 0.136. The number of rotatable bonds is 0. The fourth-order valence-electron chi connectivity index (χ4n) is 1.03. The lowest BCUT2D eigenvalue weighted by molar-refractivity contribution is 0.570. The molecule has 0 aliphatic carbocycles. The van der Waals surface area contributed by atoms with Crippen LogP contribution in [0.4, 0.5) is 11.5 Å². The van der Waals surface area contributed by atoms with Crippen LogP contribution in [-0.4, -0.2) is 9.97 Å². The van der Waals surface area contributed by atoms with Crippen LogP contribution in [0.3, 0.4) is 0 Å². The zero-order valence-electron chi connectivity index (χ0n) is 7.93. The molecule has 1 aromatic rings. The van der Waals surface area contributed by atoms with Crippen molar-refractivity contribution in [3.05, 3.63) is 11.0 Å². The van der Waals surface area contributed by atoms with Crippen LogP contribution in [0.5, 0.6) is 0 Å². The van der Waals surface area contributed by atoms with E-state index in [4.69, 9.17) is 23.1 Å². The predicted molar refractivity (Wildman–Crippen MR) is 54.6 cm³/mol. The molecule has 4 nitrogen and oxygen atoms in total. The maximum Gasteiger partial charge on any atom is 0.224 e. The van der Waals surface area contributed by atoms with Crippen LogP contribution < -0.4 is 11.5 Å². The summed E-state index contributed by atoms with van der Waals surface area (Å²) in [6, 6.07) is 0. The SMILES string of the molecule is CC(C)(C)c1nc(Cl)nc(N)c1N. The third-order valence-electron chi connectivity index (χ3n) is 1.66. The summed E-state index contributed by atoms with van der Waals surface area (Å²) in [5.41, 5.74) is 12.2. The van der Waals surface area contributed by atoms with Crippen LogP contribution in [0.2, 0.25) is 5.28 Å². The Kier molecular flexibility index (Phi) is 2.34. The van der Waals surface area contributed by atoms with E-state index in [0.29, 0.717) is 11.4 Å². The van der Waals surface area contributed by atoms with E-state index in [-0.39, 0.29) is 16.5 Å². The van der Waals surface area contributed by atoms with Crippen molar-refractivity contribution in [2.45, 2.75) is 26.2 Å². The maximum atomic E-state index is 5.73. The fraction of sp³-hybridized carbons (Fsp3) is 0.500. The Labute approximate surface area is 82.3 Å². The van der Waals surface area contributed by atoms with Crippen molar-refractivity contribution in [3.63, 3.8) is 0 Å². The molecule has 0 saturated carbocycles. The van der Waals surface area contributed by atoms with Gasteiger partial charge in [0.05, 0.1) is 11.4 Å². The zero-order chi connectivity index (χ0) is 10.2. The first-order valence-electron chi connectivity index (χ1n) is 3.91. The molecule has 0 saturated heterocycles. The van der Waals surface area contributed by atoms with E-state index >= 15 is 0 Å². The van der Waals surface area contributed by atoms with Crippen LogP contribution >= 0.6 is 11.6 Å². The second kappa shape index (κ2) is 3.03. The highest BCUT2D eigenvalue weighted by Gasteiger charge is 2.21. The highest BCUT2D eigenvalue weighted by Crippen LogP contribution is 2.29. The first-order valence-corrected chi connectivity index (χ1v) is 4.29. The third-order valence-corrected chi connectivity index (χ3v) is 1.83. The minimum atomic E-state index is -0.176. The molecule has 4 N–H and O–H groups in total. The second-order valence-corrected chi connectivity index (χ2v) is 4.23. The Balaban J connectivity index is 3.37. The van der Waals surface area contributed by atoms with Crippen LogP contribution in [0.1, 0.15) is 26.5 Å². The summed E-state index contributed by atoms with van der Waals surface area (Å²) in [5.74, 6) is 0.241. The molecule has 0 aliphatic heterocycles. The summed E-state index contributed by atoms with van der Waals surface area (Å²) in [6.45, 7) is 5.96. The molecule has 0 spiro atoms. The zero-order valence-corrected chi connectivity index (χ0v) is 8.68. The van der Waals surface area contributed by atoms with Gasteiger partial charge >= 0.3 is 0 Å². The van der Waals surface area contributed by atoms with Gasteiger partial charge in [0.1, 0.15) is 0 Å². The molecule has 0 amide bonds. The van der Waals surface area contributed by atoms with Gasteiger partial charge in [0.25, 0.3) is 0 Å². The molecule has 1 rings (SSSR count). The maximum absolute atomic E-state index is 5.73. The average Bonchev–Trinajstić information content (AvgIpc) is 1.94. The molecule has 0 atom stereocenters. The van der Waals surface area contributed by atoms with Crippen LogP contribution in [-0.2, 0) is 5.41 Å². The van der Waals surface area contributed by atoms with Gasteiger partial charge in [-0.15, -0.1) is 0 Å². The highest BCUT2D eigenvalue weighted by molar-refractivity contribution is 6.28. The second-order valence-electron chi connectivity index (χ2n) is 3.89. The first kappa shape index (κ1) is 10.1. The molecule has 0 bridgehead atoms.